The van der Waals surface area contributed by atoms with Crippen molar-refractivity contribution in [3.8, 4) is 0 Å². The molecule has 25 heavy (non-hydrogen) atoms. The van der Waals surface area contributed by atoms with Gasteiger partial charge in [-0.3, -0.25) is 4.90 Å². The summed E-state index contributed by atoms with van der Waals surface area (Å²) in [6, 6.07) is 0. The minimum absolute atomic E-state index is 0.115. The fourth-order valence-electron chi connectivity index (χ4n) is 9.31. The first-order valence-corrected chi connectivity index (χ1v) is 10.7. The van der Waals surface area contributed by atoms with Crippen LogP contribution in [0.1, 0.15) is 58.3 Å². The highest BCUT2D eigenvalue weighted by atomic mass is 16.5. The van der Waals surface area contributed by atoms with Gasteiger partial charge >= 0.3 is 0 Å². The quantitative estimate of drug-likeness (QED) is 0.683. The fourth-order valence-corrected chi connectivity index (χ4v) is 9.31. The van der Waals surface area contributed by atoms with Gasteiger partial charge in [-0.1, -0.05) is 19.9 Å². The average Bonchev–Trinajstić information content (AvgIpc) is 3.12. The molecule has 0 aromatic carbocycles. The first kappa shape index (κ1) is 15.7. The predicted molar refractivity (Wildman–Crippen MR) is 96.8 cm³/mol. The molecule has 1 spiro atoms. The van der Waals surface area contributed by atoms with E-state index in [1.807, 2.05) is 0 Å². The predicted octanol–water partition coefficient (Wildman–Crippen LogP) is 3.58. The van der Waals surface area contributed by atoms with Gasteiger partial charge in [-0.2, -0.15) is 0 Å². The van der Waals surface area contributed by atoms with Crippen molar-refractivity contribution in [2.75, 3.05) is 19.7 Å². The number of piperidine rings is 1. The van der Waals surface area contributed by atoms with Crippen molar-refractivity contribution < 1.29 is 9.84 Å². The lowest BCUT2D eigenvalue weighted by atomic mass is 9.38. The zero-order valence-corrected chi connectivity index (χ0v) is 15.7. The Hall–Kier alpha value is -0.380. The van der Waals surface area contributed by atoms with Crippen molar-refractivity contribution in [2.24, 2.45) is 34.0 Å². The van der Waals surface area contributed by atoms with Gasteiger partial charge in [-0.25, -0.2) is 0 Å². The molecule has 3 nitrogen and oxygen atoms in total. The van der Waals surface area contributed by atoms with Crippen molar-refractivity contribution in [1.29, 1.82) is 0 Å². The lowest BCUT2D eigenvalue weighted by molar-refractivity contribution is -0.276. The number of hydrogen-bond acceptors (Lipinski definition) is 3. The third-order valence-electron chi connectivity index (χ3n) is 9.95. The number of ether oxygens (including phenoxy) is 1. The van der Waals surface area contributed by atoms with Crippen molar-refractivity contribution in [3.63, 3.8) is 0 Å². The summed E-state index contributed by atoms with van der Waals surface area (Å²) in [5.74, 6) is 2.01. The second-order valence-electron chi connectivity index (χ2n) is 10.6. The number of aliphatic hydroxyl groups is 1. The molecule has 6 rings (SSSR count). The molecule has 1 N–H and O–H groups in total. The van der Waals surface area contributed by atoms with Gasteiger partial charge in [0.05, 0.1) is 12.7 Å². The first-order chi connectivity index (χ1) is 12.0. The molecule has 0 radical (unpaired) electrons. The van der Waals surface area contributed by atoms with Gasteiger partial charge in [0, 0.05) is 23.9 Å². The van der Waals surface area contributed by atoms with Crippen molar-refractivity contribution in [1.82, 2.24) is 4.90 Å². The molecule has 4 bridgehead atoms. The van der Waals surface area contributed by atoms with E-state index >= 15 is 0 Å². The van der Waals surface area contributed by atoms with Gasteiger partial charge < -0.3 is 9.84 Å². The molecular weight excluding hydrogens is 310 g/mol. The van der Waals surface area contributed by atoms with E-state index in [-0.39, 0.29) is 16.9 Å². The number of aliphatic hydroxyl groups excluding tert-OH is 1. The van der Waals surface area contributed by atoms with E-state index in [4.69, 9.17) is 4.74 Å². The third-order valence-corrected chi connectivity index (χ3v) is 9.95. The molecule has 4 saturated carbocycles. The Morgan fingerprint density at radius 3 is 2.92 bits per heavy atom. The van der Waals surface area contributed by atoms with Crippen LogP contribution in [0, 0.1) is 34.0 Å². The maximum Gasteiger partial charge on any atom is 0.117 e. The molecule has 0 aromatic rings. The van der Waals surface area contributed by atoms with E-state index in [2.05, 4.69) is 18.4 Å². The van der Waals surface area contributed by atoms with Crippen LogP contribution in [0.15, 0.2) is 12.2 Å². The van der Waals surface area contributed by atoms with Crippen LogP contribution in [0.3, 0.4) is 0 Å². The van der Waals surface area contributed by atoms with Crippen LogP contribution >= 0.6 is 0 Å². The first-order valence-electron chi connectivity index (χ1n) is 10.7. The zero-order valence-electron chi connectivity index (χ0n) is 15.7. The van der Waals surface area contributed by atoms with Crippen LogP contribution in [0.4, 0.5) is 0 Å². The molecule has 2 saturated heterocycles. The zero-order chi connectivity index (χ0) is 17.0. The molecule has 4 aliphatic carbocycles. The molecule has 6 aliphatic rings. The van der Waals surface area contributed by atoms with Crippen LogP contribution in [-0.4, -0.2) is 42.0 Å². The maximum atomic E-state index is 11.3. The fraction of sp³-hybridized carbons (Fsp3) is 0.909. The van der Waals surface area contributed by atoms with Crippen LogP contribution in [0.5, 0.6) is 0 Å². The standard InChI is InChI=1S/C22H33NO2/c1-14-15-4-5-17-21(12-15,18(14)24)9-6-16-20(2)7-3-8-22(16,17)19-23(13-20)10-11-25-19/h15-19,24H,1,3-13H2,2H3/t15-,16+,17+,18+,19-,20-,21-,22+/m1/s1. The van der Waals surface area contributed by atoms with E-state index in [0.29, 0.717) is 23.5 Å². The Kier molecular flexibility index (Phi) is 2.95. The van der Waals surface area contributed by atoms with Crippen LogP contribution in [0.2, 0.25) is 0 Å². The van der Waals surface area contributed by atoms with Crippen molar-refractivity contribution in [3.05, 3.63) is 12.2 Å². The van der Waals surface area contributed by atoms with Gasteiger partial charge in [-0.15, -0.1) is 0 Å². The SMILES string of the molecule is C=C1[C@@H]2CC[C@H]3[C@@](CC[C@H]4[C@]5(C)CCC[C@]43[C@H]3OCCN3C5)(C2)[C@H]1O. The Labute approximate surface area is 151 Å². The van der Waals surface area contributed by atoms with Gasteiger partial charge in [0.25, 0.3) is 0 Å². The molecule has 2 heterocycles. The Bertz CT molecular complexity index is 634. The summed E-state index contributed by atoms with van der Waals surface area (Å²) in [5.41, 5.74) is 2.03. The molecule has 6 fully saturated rings. The Morgan fingerprint density at radius 1 is 1.16 bits per heavy atom. The van der Waals surface area contributed by atoms with E-state index in [0.717, 1.165) is 24.6 Å². The van der Waals surface area contributed by atoms with Gasteiger partial charge in [0.2, 0.25) is 0 Å². The van der Waals surface area contributed by atoms with E-state index in [9.17, 15) is 5.11 Å². The number of hydrogen-bond donors (Lipinski definition) is 1. The van der Waals surface area contributed by atoms with Gasteiger partial charge in [0.1, 0.15) is 6.23 Å². The highest BCUT2D eigenvalue weighted by molar-refractivity contribution is 5.29. The molecule has 8 atom stereocenters. The average molecular weight is 344 g/mol. The molecule has 0 aromatic heterocycles. The summed E-state index contributed by atoms with van der Waals surface area (Å²) >= 11 is 0. The van der Waals surface area contributed by atoms with Crippen molar-refractivity contribution in [2.45, 2.75) is 70.6 Å². The summed E-state index contributed by atoms with van der Waals surface area (Å²) < 4.78 is 6.48. The van der Waals surface area contributed by atoms with E-state index in [1.54, 1.807) is 0 Å². The summed E-state index contributed by atoms with van der Waals surface area (Å²) in [6.45, 7) is 10.2. The molecule has 3 heteroatoms. The topological polar surface area (TPSA) is 32.7 Å². The summed E-state index contributed by atoms with van der Waals surface area (Å²) in [6.07, 6.45) is 10.4. The molecule has 0 amide bonds. The van der Waals surface area contributed by atoms with Gasteiger partial charge in [-0.05, 0) is 73.7 Å². The maximum absolute atomic E-state index is 11.3. The summed E-state index contributed by atoms with van der Waals surface area (Å²) in [7, 11) is 0. The van der Waals surface area contributed by atoms with Crippen LogP contribution in [0.25, 0.3) is 0 Å². The summed E-state index contributed by atoms with van der Waals surface area (Å²) in [4.78, 5) is 2.69. The monoisotopic (exact) mass is 343 g/mol. The summed E-state index contributed by atoms with van der Waals surface area (Å²) in [5, 5.41) is 11.3. The third kappa shape index (κ3) is 1.62. The second kappa shape index (κ2) is 4.72. The number of fused-ring (bicyclic) bond motifs is 2. The van der Waals surface area contributed by atoms with Crippen LogP contribution < -0.4 is 0 Å². The molecular formula is C22H33NO2. The molecule has 0 unspecified atom stereocenters. The smallest absolute Gasteiger partial charge is 0.117 e. The molecule has 138 valence electrons. The lowest BCUT2D eigenvalue weighted by Gasteiger charge is -2.70. The Balaban J connectivity index is 1.53. The lowest BCUT2D eigenvalue weighted by Crippen LogP contribution is -2.71. The number of nitrogens with zero attached hydrogens (tertiary/aromatic N) is 1. The highest BCUT2D eigenvalue weighted by Crippen LogP contribution is 2.75. The van der Waals surface area contributed by atoms with Crippen molar-refractivity contribution >= 4 is 0 Å². The van der Waals surface area contributed by atoms with E-state index < -0.39 is 0 Å². The minimum Gasteiger partial charge on any atom is -0.388 e. The Morgan fingerprint density at radius 2 is 2.04 bits per heavy atom. The van der Waals surface area contributed by atoms with Gasteiger partial charge in [0.15, 0.2) is 0 Å². The number of rotatable bonds is 0. The van der Waals surface area contributed by atoms with E-state index in [1.165, 1.54) is 57.9 Å². The largest absolute Gasteiger partial charge is 0.388 e. The molecule has 2 aliphatic heterocycles. The highest BCUT2D eigenvalue weighted by Gasteiger charge is 2.73. The normalized spacial score (nSPS) is 60.1. The second-order valence-corrected chi connectivity index (χ2v) is 10.6. The van der Waals surface area contributed by atoms with Crippen LogP contribution in [-0.2, 0) is 4.74 Å². The minimum atomic E-state index is -0.259.